The Morgan fingerprint density at radius 1 is 1.39 bits per heavy atom. The van der Waals surface area contributed by atoms with Crippen LogP contribution in [-0.4, -0.2) is 26.3 Å². The van der Waals surface area contributed by atoms with E-state index >= 15 is 0 Å². The van der Waals surface area contributed by atoms with Crippen LogP contribution in [0.4, 0.5) is 5.82 Å². The number of nitrogens with one attached hydrogen (secondary N) is 2. The van der Waals surface area contributed by atoms with Crippen molar-refractivity contribution in [2.24, 2.45) is 0 Å². The lowest BCUT2D eigenvalue weighted by Gasteiger charge is -2.05. The first-order valence-corrected chi connectivity index (χ1v) is 5.54. The third-order valence-corrected chi connectivity index (χ3v) is 2.43. The number of H-pyrrole nitrogens is 1. The van der Waals surface area contributed by atoms with Crippen molar-refractivity contribution >= 4 is 24.0 Å². The van der Waals surface area contributed by atoms with Crippen LogP contribution >= 0.6 is 12.2 Å². The molecule has 3 N–H and O–H groups in total. The van der Waals surface area contributed by atoms with Crippen molar-refractivity contribution in [1.82, 2.24) is 15.2 Å². The summed E-state index contributed by atoms with van der Waals surface area (Å²) in [5.74, 6) is -0.365. The number of benzene rings is 1. The predicted octanol–water partition coefficient (Wildman–Crippen LogP) is 1.84. The molecule has 0 aliphatic rings. The zero-order valence-electron chi connectivity index (χ0n) is 9.25. The van der Waals surface area contributed by atoms with Gasteiger partial charge in [-0.3, -0.25) is 5.10 Å². The highest BCUT2D eigenvalue weighted by Crippen LogP contribution is 2.07. The number of aromatic carboxylic acids is 1. The molecule has 0 spiro atoms. The van der Waals surface area contributed by atoms with Crippen molar-refractivity contribution in [3.63, 3.8) is 0 Å². The van der Waals surface area contributed by atoms with Crippen molar-refractivity contribution in [3.8, 4) is 0 Å². The maximum atomic E-state index is 10.7. The molecule has 1 heterocycles. The van der Waals surface area contributed by atoms with E-state index in [1.54, 1.807) is 24.3 Å². The van der Waals surface area contributed by atoms with Gasteiger partial charge in [0.1, 0.15) is 5.82 Å². The lowest BCUT2D eigenvalue weighted by atomic mass is 10.1. The smallest absolute Gasteiger partial charge is 0.335 e. The van der Waals surface area contributed by atoms with Gasteiger partial charge in [0.2, 0.25) is 4.77 Å². The molecule has 1 aromatic carbocycles. The average molecular weight is 262 g/mol. The van der Waals surface area contributed by atoms with E-state index in [1.807, 2.05) is 0 Å². The Hall–Kier alpha value is -2.28. The van der Waals surface area contributed by atoms with Crippen molar-refractivity contribution < 1.29 is 9.90 Å². The van der Waals surface area contributed by atoms with Gasteiger partial charge in [-0.2, -0.15) is 5.10 Å². The predicted molar refractivity (Wildman–Crippen MR) is 67.9 cm³/mol. The van der Waals surface area contributed by atoms with E-state index in [-0.39, 0.29) is 5.56 Å². The first kappa shape index (κ1) is 12.2. The van der Waals surface area contributed by atoms with Gasteiger partial charge < -0.3 is 10.4 Å². The summed E-state index contributed by atoms with van der Waals surface area (Å²) in [5.41, 5.74) is 1.21. The van der Waals surface area contributed by atoms with Gasteiger partial charge in [-0.25, -0.2) is 9.78 Å². The van der Waals surface area contributed by atoms with Gasteiger partial charge in [-0.05, 0) is 29.9 Å². The molecule has 7 heteroatoms. The molecule has 2 rings (SSSR count). The SMILES string of the molecule is O=C(O)c1ccc(CNc2cn[nH]c(=S)n2)cc1. The number of nitrogens with zero attached hydrogens (tertiary/aromatic N) is 2. The number of hydrogen-bond donors (Lipinski definition) is 3. The third-order valence-electron chi connectivity index (χ3n) is 2.24. The van der Waals surface area contributed by atoms with Crippen LogP contribution in [0.25, 0.3) is 0 Å². The first-order valence-electron chi connectivity index (χ1n) is 5.13. The number of hydrogen-bond acceptors (Lipinski definition) is 5. The molecule has 0 saturated heterocycles. The van der Waals surface area contributed by atoms with Crippen LogP contribution in [-0.2, 0) is 6.54 Å². The fourth-order valence-corrected chi connectivity index (χ4v) is 1.51. The molecule has 0 fully saturated rings. The standard InChI is InChI=1S/C11H10N4O2S/c16-10(17)8-3-1-7(2-4-8)5-12-9-6-13-15-11(18)14-9/h1-4,6H,5H2,(H,16,17)(H2,12,14,15,18). The number of aromatic amines is 1. The number of rotatable bonds is 4. The maximum absolute atomic E-state index is 10.7. The van der Waals surface area contributed by atoms with Crippen molar-refractivity contribution in [2.45, 2.75) is 6.54 Å². The quantitative estimate of drug-likeness (QED) is 0.728. The van der Waals surface area contributed by atoms with E-state index in [2.05, 4.69) is 20.5 Å². The minimum Gasteiger partial charge on any atom is -0.478 e. The van der Waals surface area contributed by atoms with Gasteiger partial charge in [-0.15, -0.1) is 0 Å². The zero-order chi connectivity index (χ0) is 13.0. The fourth-order valence-electron chi connectivity index (χ4n) is 1.35. The Kier molecular flexibility index (Phi) is 3.63. The van der Waals surface area contributed by atoms with Crippen LogP contribution in [0.5, 0.6) is 0 Å². The van der Waals surface area contributed by atoms with Gasteiger partial charge in [0.25, 0.3) is 0 Å². The fraction of sp³-hybridized carbons (Fsp3) is 0.0909. The molecule has 0 aliphatic heterocycles. The van der Waals surface area contributed by atoms with Crippen LogP contribution in [0.2, 0.25) is 0 Å². The number of carboxylic acids is 1. The summed E-state index contributed by atoms with van der Waals surface area (Å²) in [7, 11) is 0. The minimum absolute atomic E-state index is 0.265. The topological polar surface area (TPSA) is 90.9 Å². The van der Waals surface area contributed by atoms with Crippen molar-refractivity contribution in [1.29, 1.82) is 0 Å². The summed E-state index contributed by atoms with van der Waals surface area (Å²) in [6, 6.07) is 6.60. The Balaban J connectivity index is 2.02. The number of carboxylic acid groups (broad SMARTS) is 1. The van der Waals surface area contributed by atoms with Crippen LogP contribution in [0.3, 0.4) is 0 Å². The van der Waals surface area contributed by atoms with E-state index in [4.69, 9.17) is 17.3 Å². The Morgan fingerprint density at radius 2 is 2.11 bits per heavy atom. The summed E-state index contributed by atoms with van der Waals surface area (Å²) < 4.78 is 0.307. The molecular weight excluding hydrogens is 252 g/mol. The summed E-state index contributed by atoms with van der Waals surface area (Å²) in [4.78, 5) is 14.7. The second-order valence-corrected chi connectivity index (χ2v) is 3.91. The van der Waals surface area contributed by atoms with E-state index in [0.717, 1.165) is 5.56 Å². The molecule has 1 aromatic heterocycles. The first-order chi connectivity index (χ1) is 8.65. The molecule has 18 heavy (non-hydrogen) atoms. The minimum atomic E-state index is -0.935. The third kappa shape index (κ3) is 3.11. The lowest BCUT2D eigenvalue weighted by molar-refractivity contribution is 0.0697. The van der Waals surface area contributed by atoms with Crippen LogP contribution in [0.1, 0.15) is 15.9 Å². The molecule has 0 unspecified atom stereocenters. The molecule has 6 nitrogen and oxygen atoms in total. The molecule has 0 saturated carbocycles. The average Bonchev–Trinajstić information content (AvgIpc) is 2.37. The van der Waals surface area contributed by atoms with E-state index in [1.165, 1.54) is 6.20 Å². The molecule has 0 bridgehead atoms. The molecule has 0 radical (unpaired) electrons. The van der Waals surface area contributed by atoms with Gasteiger partial charge in [0.05, 0.1) is 11.8 Å². The normalized spacial score (nSPS) is 10.0. The lowest BCUT2D eigenvalue weighted by Crippen LogP contribution is -2.03. The summed E-state index contributed by atoms with van der Waals surface area (Å²) in [6.07, 6.45) is 1.53. The Morgan fingerprint density at radius 3 is 2.72 bits per heavy atom. The highest BCUT2D eigenvalue weighted by molar-refractivity contribution is 7.71. The number of carbonyl (C=O) groups is 1. The zero-order valence-corrected chi connectivity index (χ0v) is 10.1. The van der Waals surface area contributed by atoms with Gasteiger partial charge in [0.15, 0.2) is 0 Å². The van der Waals surface area contributed by atoms with Crippen LogP contribution < -0.4 is 5.32 Å². The molecule has 0 amide bonds. The van der Waals surface area contributed by atoms with Crippen molar-refractivity contribution in [3.05, 3.63) is 46.4 Å². The van der Waals surface area contributed by atoms with Gasteiger partial charge in [0, 0.05) is 6.54 Å². The second kappa shape index (κ2) is 5.37. The van der Waals surface area contributed by atoms with Gasteiger partial charge >= 0.3 is 5.97 Å². The maximum Gasteiger partial charge on any atom is 0.335 e. The monoisotopic (exact) mass is 262 g/mol. The number of aromatic nitrogens is 3. The van der Waals surface area contributed by atoms with E-state index in [9.17, 15) is 4.79 Å². The highest BCUT2D eigenvalue weighted by Gasteiger charge is 2.01. The summed E-state index contributed by atoms with van der Waals surface area (Å²) in [6.45, 7) is 0.521. The summed E-state index contributed by atoms with van der Waals surface area (Å²) in [5, 5.41) is 18.1. The molecule has 92 valence electrons. The van der Waals surface area contributed by atoms with Crippen LogP contribution in [0, 0.1) is 4.77 Å². The number of anilines is 1. The molecule has 0 aliphatic carbocycles. The summed E-state index contributed by atoms with van der Waals surface area (Å²) >= 11 is 4.84. The van der Waals surface area contributed by atoms with Gasteiger partial charge in [-0.1, -0.05) is 12.1 Å². The molecule has 2 aromatic rings. The molecular formula is C11H10N4O2S. The second-order valence-electron chi connectivity index (χ2n) is 3.53. The molecule has 0 atom stereocenters. The van der Waals surface area contributed by atoms with E-state index < -0.39 is 5.97 Å². The van der Waals surface area contributed by atoms with Crippen LogP contribution in [0.15, 0.2) is 30.5 Å². The Labute approximate surface area is 108 Å². The largest absolute Gasteiger partial charge is 0.478 e. The van der Waals surface area contributed by atoms with E-state index in [0.29, 0.717) is 17.1 Å². The highest BCUT2D eigenvalue weighted by atomic mass is 32.1. The van der Waals surface area contributed by atoms with Crippen molar-refractivity contribution in [2.75, 3.05) is 5.32 Å². The Bertz CT molecular complexity index is 609.